The number of carbonyl (C=O) groups is 1. The van der Waals surface area contributed by atoms with Crippen LogP contribution in [0.4, 0.5) is 0 Å². The smallest absolute Gasteiger partial charge is 0.330 e. The molecule has 1 aromatic rings. The van der Waals surface area contributed by atoms with Crippen LogP contribution in [0.3, 0.4) is 0 Å². The first kappa shape index (κ1) is 19.2. The van der Waals surface area contributed by atoms with Crippen molar-refractivity contribution in [3.8, 4) is 0 Å². The molecular formula is C19H28O4. The van der Waals surface area contributed by atoms with E-state index in [0.717, 1.165) is 18.4 Å². The quantitative estimate of drug-likeness (QED) is 0.454. The van der Waals surface area contributed by atoms with Gasteiger partial charge in [-0.1, -0.05) is 19.1 Å². The maximum absolute atomic E-state index is 11.5. The average Bonchev–Trinajstić information content (AvgIpc) is 2.94. The molecule has 23 heavy (non-hydrogen) atoms. The number of rotatable bonds is 7. The molecule has 0 aliphatic carbocycles. The second-order valence-electron chi connectivity index (χ2n) is 6.82. The summed E-state index contributed by atoms with van der Waals surface area (Å²) in [6.07, 6.45) is 7.86. The van der Waals surface area contributed by atoms with Gasteiger partial charge in [0.25, 0.3) is 0 Å². The lowest BCUT2D eigenvalue weighted by molar-refractivity contribution is -0.148. The first-order valence-corrected chi connectivity index (χ1v) is 7.98. The fraction of sp³-hybridized carbons (Fsp3) is 0.526. The molecule has 4 nitrogen and oxygen atoms in total. The van der Waals surface area contributed by atoms with Crippen LogP contribution in [-0.2, 0) is 9.53 Å². The Bertz CT molecular complexity index is 532. The highest BCUT2D eigenvalue weighted by Gasteiger charge is 2.14. The van der Waals surface area contributed by atoms with Crippen LogP contribution in [0.5, 0.6) is 0 Å². The van der Waals surface area contributed by atoms with Crippen molar-refractivity contribution in [3.63, 3.8) is 0 Å². The van der Waals surface area contributed by atoms with Gasteiger partial charge in [0.15, 0.2) is 0 Å². The topological polar surface area (TPSA) is 59.7 Å². The van der Waals surface area contributed by atoms with Gasteiger partial charge in [0.05, 0.1) is 6.26 Å². The minimum atomic E-state index is -0.704. The Hall–Kier alpha value is -1.81. The van der Waals surface area contributed by atoms with Crippen LogP contribution >= 0.6 is 0 Å². The summed E-state index contributed by atoms with van der Waals surface area (Å²) < 4.78 is 10.4. The summed E-state index contributed by atoms with van der Waals surface area (Å²) in [5.41, 5.74) is 0.403. The van der Waals surface area contributed by atoms with Crippen molar-refractivity contribution < 1.29 is 19.1 Å². The fourth-order valence-corrected chi connectivity index (χ4v) is 2.17. The van der Waals surface area contributed by atoms with Crippen LogP contribution in [0.25, 0.3) is 0 Å². The van der Waals surface area contributed by atoms with E-state index in [1.807, 2.05) is 39.8 Å². The molecule has 0 saturated heterocycles. The molecule has 0 bridgehead atoms. The minimum absolute atomic E-state index is 0.294. The lowest BCUT2D eigenvalue weighted by Gasteiger charge is -2.17. The van der Waals surface area contributed by atoms with Gasteiger partial charge in [-0.05, 0) is 64.2 Å². The Morgan fingerprint density at radius 1 is 1.43 bits per heavy atom. The maximum atomic E-state index is 11.5. The summed E-state index contributed by atoms with van der Waals surface area (Å²) in [5.74, 6) is 0.531. The number of aliphatic hydroxyl groups is 1. The molecule has 0 aliphatic heterocycles. The van der Waals surface area contributed by atoms with Crippen molar-refractivity contribution in [1.82, 2.24) is 0 Å². The molecule has 1 aromatic heterocycles. The number of hydrogen-bond acceptors (Lipinski definition) is 4. The van der Waals surface area contributed by atoms with Crippen LogP contribution in [0.15, 0.2) is 46.6 Å². The van der Waals surface area contributed by atoms with Crippen LogP contribution in [0, 0.1) is 5.92 Å². The Balaban J connectivity index is 2.40. The largest absolute Gasteiger partial charge is 0.466 e. The Kier molecular flexibility index (Phi) is 7.30. The standard InChI is InChI=1S/C19H28O4/c1-14(9-6-7-11-17(20)23-19(3,4)5)13-15(2)18(21)16-10-8-12-22-16/h7-8,10-14,18,21H,6,9H2,1-5H3/b11-7+,15-13+/t14-,18+/m1/s1. The predicted octanol–water partition coefficient (Wildman–Crippen LogP) is 4.57. The van der Waals surface area contributed by atoms with Crippen LogP contribution in [0.1, 0.15) is 59.3 Å². The molecule has 1 heterocycles. The molecule has 0 aliphatic rings. The average molecular weight is 320 g/mol. The summed E-state index contributed by atoms with van der Waals surface area (Å²) in [6, 6.07) is 3.52. The first-order valence-electron chi connectivity index (χ1n) is 7.98. The van der Waals surface area contributed by atoms with E-state index in [1.165, 1.54) is 6.08 Å². The molecule has 0 radical (unpaired) electrons. The zero-order valence-electron chi connectivity index (χ0n) is 14.7. The van der Waals surface area contributed by atoms with Crippen molar-refractivity contribution in [1.29, 1.82) is 0 Å². The third-order valence-corrected chi connectivity index (χ3v) is 3.24. The molecule has 0 amide bonds. The van der Waals surface area contributed by atoms with Crippen LogP contribution in [0.2, 0.25) is 0 Å². The van der Waals surface area contributed by atoms with Gasteiger partial charge < -0.3 is 14.3 Å². The second-order valence-corrected chi connectivity index (χ2v) is 6.82. The molecule has 1 rings (SSSR count). The van der Waals surface area contributed by atoms with Crippen molar-refractivity contribution in [2.45, 2.75) is 59.2 Å². The number of carbonyl (C=O) groups excluding carboxylic acids is 1. The zero-order chi connectivity index (χ0) is 17.5. The third kappa shape index (κ3) is 7.84. The van der Waals surface area contributed by atoms with Crippen LogP contribution < -0.4 is 0 Å². The Morgan fingerprint density at radius 2 is 2.13 bits per heavy atom. The van der Waals surface area contributed by atoms with Gasteiger partial charge in [-0.3, -0.25) is 0 Å². The number of aliphatic hydroxyl groups excluding tert-OH is 1. The molecule has 1 N–H and O–H groups in total. The van der Waals surface area contributed by atoms with E-state index in [4.69, 9.17) is 9.15 Å². The van der Waals surface area contributed by atoms with Gasteiger partial charge in [0.2, 0.25) is 0 Å². The molecule has 0 fully saturated rings. The molecule has 0 aromatic carbocycles. The van der Waals surface area contributed by atoms with E-state index in [0.29, 0.717) is 11.7 Å². The summed E-state index contributed by atoms with van der Waals surface area (Å²) >= 11 is 0. The van der Waals surface area contributed by atoms with Gasteiger partial charge in [-0.25, -0.2) is 4.79 Å². The lowest BCUT2D eigenvalue weighted by Crippen LogP contribution is -2.22. The van der Waals surface area contributed by atoms with E-state index in [9.17, 15) is 9.90 Å². The normalized spacial score (nSPS) is 15.7. The van der Waals surface area contributed by atoms with Crippen molar-refractivity contribution >= 4 is 5.97 Å². The third-order valence-electron chi connectivity index (χ3n) is 3.24. The van der Waals surface area contributed by atoms with Gasteiger partial charge in [-0.2, -0.15) is 0 Å². The lowest BCUT2D eigenvalue weighted by atomic mass is 9.99. The van der Waals surface area contributed by atoms with E-state index in [2.05, 4.69) is 6.92 Å². The van der Waals surface area contributed by atoms with Gasteiger partial charge in [0, 0.05) is 6.08 Å². The van der Waals surface area contributed by atoms with E-state index < -0.39 is 11.7 Å². The summed E-state index contributed by atoms with van der Waals surface area (Å²) in [5, 5.41) is 10.1. The Labute approximate surface area is 138 Å². The SMILES string of the molecule is C/C(=C\[C@H](C)CC/C=C/C(=O)OC(C)(C)C)[C@H](O)c1ccco1. The summed E-state index contributed by atoms with van der Waals surface area (Å²) in [4.78, 5) is 11.5. The van der Waals surface area contributed by atoms with E-state index >= 15 is 0 Å². The van der Waals surface area contributed by atoms with Gasteiger partial charge in [-0.15, -0.1) is 0 Å². The van der Waals surface area contributed by atoms with E-state index in [-0.39, 0.29) is 5.97 Å². The van der Waals surface area contributed by atoms with Gasteiger partial charge >= 0.3 is 5.97 Å². The number of furan rings is 1. The predicted molar refractivity (Wildman–Crippen MR) is 90.8 cm³/mol. The van der Waals surface area contributed by atoms with Gasteiger partial charge in [0.1, 0.15) is 17.5 Å². The summed E-state index contributed by atoms with van der Waals surface area (Å²) in [6.45, 7) is 9.51. The van der Waals surface area contributed by atoms with Crippen molar-refractivity contribution in [3.05, 3.63) is 48.0 Å². The Morgan fingerprint density at radius 3 is 2.70 bits per heavy atom. The summed E-state index contributed by atoms with van der Waals surface area (Å²) in [7, 11) is 0. The monoisotopic (exact) mass is 320 g/mol. The number of allylic oxidation sites excluding steroid dienone is 2. The van der Waals surface area contributed by atoms with Crippen molar-refractivity contribution in [2.24, 2.45) is 5.92 Å². The van der Waals surface area contributed by atoms with Crippen LogP contribution in [-0.4, -0.2) is 16.7 Å². The minimum Gasteiger partial charge on any atom is -0.466 e. The highest BCUT2D eigenvalue weighted by molar-refractivity contribution is 5.82. The number of hydrogen-bond donors (Lipinski definition) is 1. The van der Waals surface area contributed by atoms with E-state index in [1.54, 1.807) is 18.4 Å². The zero-order valence-corrected chi connectivity index (χ0v) is 14.7. The fourth-order valence-electron chi connectivity index (χ4n) is 2.17. The number of esters is 1. The highest BCUT2D eigenvalue weighted by atomic mass is 16.6. The van der Waals surface area contributed by atoms with Crippen molar-refractivity contribution in [2.75, 3.05) is 0 Å². The second kappa shape index (κ2) is 8.73. The number of ether oxygens (including phenoxy) is 1. The molecule has 0 spiro atoms. The first-order chi connectivity index (χ1) is 10.7. The molecule has 2 atom stereocenters. The highest BCUT2D eigenvalue weighted by Crippen LogP contribution is 2.23. The molecule has 128 valence electrons. The molecule has 4 heteroatoms. The molecular weight excluding hydrogens is 292 g/mol. The molecule has 0 unspecified atom stereocenters. The molecule has 0 saturated carbocycles. The maximum Gasteiger partial charge on any atom is 0.330 e.